The van der Waals surface area contributed by atoms with Crippen LogP contribution in [0, 0.1) is 17.8 Å². The lowest BCUT2D eigenvalue weighted by molar-refractivity contribution is -0.159. The van der Waals surface area contributed by atoms with Crippen molar-refractivity contribution in [3.8, 4) is 0 Å². The van der Waals surface area contributed by atoms with E-state index in [1.54, 1.807) is 7.11 Å². The van der Waals surface area contributed by atoms with E-state index in [1.165, 1.54) is 0 Å². The minimum Gasteiger partial charge on any atom is -0.379 e. The van der Waals surface area contributed by atoms with Crippen LogP contribution in [0.4, 0.5) is 0 Å². The number of rotatable bonds is 12. The van der Waals surface area contributed by atoms with Crippen molar-refractivity contribution in [2.24, 2.45) is 17.8 Å². The summed E-state index contributed by atoms with van der Waals surface area (Å²) in [7, 11) is 1.65. The molecule has 0 amide bonds. The molecule has 140 valence electrons. The lowest BCUT2D eigenvalue weighted by Crippen LogP contribution is -2.36. The number of methoxy groups -OCH3 is 1. The molecule has 5 heteroatoms. The topological polar surface area (TPSA) is 54.0 Å². The number of carbonyl (C=O) groups is 1. The first-order valence-corrected chi connectivity index (χ1v) is 9.04. The Labute approximate surface area is 146 Å². The van der Waals surface area contributed by atoms with Crippen molar-refractivity contribution in [2.75, 3.05) is 26.9 Å². The fourth-order valence-electron chi connectivity index (χ4n) is 3.07. The first-order chi connectivity index (χ1) is 11.5. The molecule has 0 bridgehead atoms. The van der Waals surface area contributed by atoms with Gasteiger partial charge in [0, 0.05) is 25.6 Å². The zero-order valence-corrected chi connectivity index (χ0v) is 15.8. The van der Waals surface area contributed by atoms with Gasteiger partial charge >= 0.3 is 0 Å². The number of carbonyl (C=O) groups excluding carboxylic acids is 1. The van der Waals surface area contributed by atoms with Gasteiger partial charge in [-0.15, -0.1) is 0 Å². The van der Waals surface area contributed by atoms with Crippen molar-refractivity contribution in [2.45, 2.75) is 59.0 Å². The van der Waals surface area contributed by atoms with E-state index < -0.39 is 0 Å². The van der Waals surface area contributed by atoms with Crippen LogP contribution < -0.4 is 0 Å². The molecule has 24 heavy (non-hydrogen) atoms. The van der Waals surface area contributed by atoms with E-state index in [1.807, 2.05) is 19.9 Å². The van der Waals surface area contributed by atoms with Gasteiger partial charge in [0.2, 0.25) is 0 Å². The second kappa shape index (κ2) is 11.7. The van der Waals surface area contributed by atoms with E-state index >= 15 is 0 Å². The van der Waals surface area contributed by atoms with Gasteiger partial charge in [-0.2, -0.15) is 0 Å². The minimum absolute atomic E-state index is 0.0712. The first-order valence-electron chi connectivity index (χ1n) is 9.04. The van der Waals surface area contributed by atoms with Crippen LogP contribution in [-0.2, 0) is 23.7 Å². The molecule has 0 unspecified atom stereocenters. The molecule has 0 spiro atoms. The summed E-state index contributed by atoms with van der Waals surface area (Å²) in [5, 5.41) is 0. The molecule has 1 heterocycles. The fourth-order valence-corrected chi connectivity index (χ4v) is 3.07. The first kappa shape index (κ1) is 21.3. The second-order valence-corrected chi connectivity index (χ2v) is 6.60. The number of hydrogen-bond donors (Lipinski definition) is 0. The summed E-state index contributed by atoms with van der Waals surface area (Å²) in [6.07, 6.45) is 6.65. The third kappa shape index (κ3) is 7.01. The molecule has 0 radical (unpaired) electrons. The third-order valence-corrected chi connectivity index (χ3v) is 4.65. The fraction of sp³-hybridized carbons (Fsp3) is 0.842. The Morgan fingerprint density at radius 1 is 1.21 bits per heavy atom. The van der Waals surface area contributed by atoms with Gasteiger partial charge in [0.1, 0.15) is 6.29 Å². The normalized spacial score (nSPS) is 27.6. The van der Waals surface area contributed by atoms with E-state index in [0.29, 0.717) is 31.7 Å². The Hall–Kier alpha value is -0.750. The summed E-state index contributed by atoms with van der Waals surface area (Å²) in [6.45, 7) is 9.99. The standard InChI is InChI=1S/C19H34O5/c1-6-22-11-12-23-17(16(4)13-20)9-7-14(2)19-15(3)8-10-18(21-5)24-19/h8,10,13-19H,6-7,9,11-12H2,1-5H3/t14-,15-,16-,17-,18+,19-/m0/s1. The van der Waals surface area contributed by atoms with E-state index in [-0.39, 0.29) is 24.4 Å². The number of ether oxygens (including phenoxy) is 4. The second-order valence-electron chi connectivity index (χ2n) is 6.60. The van der Waals surface area contributed by atoms with Crippen molar-refractivity contribution < 1.29 is 23.7 Å². The summed E-state index contributed by atoms with van der Waals surface area (Å²) in [5.74, 6) is 0.599. The van der Waals surface area contributed by atoms with E-state index in [9.17, 15) is 4.79 Å². The largest absolute Gasteiger partial charge is 0.379 e. The van der Waals surface area contributed by atoms with Crippen LogP contribution in [0.15, 0.2) is 12.2 Å². The Balaban J connectivity index is 2.49. The van der Waals surface area contributed by atoms with Gasteiger partial charge in [-0.05, 0) is 31.8 Å². The zero-order chi connectivity index (χ0) is 17.9. The summed E-state index contributed by atoms with van der Waals surface area (Å²) in [6, 6.07) is 0. The Kier molecular flexibility index (Phi) is 10.4. The highest BCUT2D eigenvalue weighted by Gasteiger charge is 2.30. The van der Waals surface area contributed by atoms with E-state index in [2.05, 4.69) is 19.9 Å². The van der Waals surface area contributed by atoms with Crippen molar-refractivity contribution in [3.63, 3.8) is 0 Å². The molecule has 0 aromatic heterocycles. The Bertz CT molecular complexity index is 371. The zero-order valence-electron chi connectivity index (χ0n) is 15.8. The lowest BCUT2D eigenvalue weighted by atomic mass is 9.86. The molecule has 0 fully saturated rings. The van der Waals surface area contributed by atoms with Crippen LogP contribution in [0.3, 0.4) is 0 Å². The molecule has 0 aliphatic carbocycles. The summed E-state index contributed by atoms with van der Waals surface area (Å²) in [4.78, 5) is 11.2. The molecular weight excluding hydrogens is 308 g/mol. The van der Waals surface area contributed by atoms with Crippen LogP contribution in [0.25, 0.3) is 0 Å². The van der Waals surface area contributed by atoms with Crippen molar-refractivity contribution >= 4 is 6.29 Å². The van der Waals surface area contributed by atoms with E-state index in [4.69, 9.17) is 18.9 Å². The molecule has 1 rings (SSSR count). The smallest absolute Gasteiger partial charge is 0.176 e. The third-order valence-electron chi connectivity index (χ3n) is 4.65. The monoisotopic (exact) mass is 342 g/mol. The maximum atomic E-state index is 11.2. The molecule has 0 aromatic rings. The molecule has 0 saturated heterocycles. The van der Waals surface area contributed by atoms with Crippen LogP contribution in [0.5, 0.6) is 0 Å². The van der Waals surface area contributed by atoms with Gasteiger partial charge in [0.25, 0.3) is 0 Å². The van der Waals surface area contributed by atoms with Crippen LogP contribution in [0.1, 0.15) is 40.5 Å². The maximum Gasteiger partial charge on any atom is 0.176 e. The predicted molar refractivity (Wildman–Crippen MR) is 93.8 cm³/mol. The molecular formula is C19H34O5. The molecule has 5 nitrogen and oxygen atoms in total. The van der Waals surface area contributed by atoms with Crippen molar-refractivity contribution in [1.29, 1.82) is 0 Å². The van der Waals surface area contributed by atoms with Crippen LogP contribution in [0.2, 0.25) is 0 Å². The minimum atomic E-state index is -0.263. The highest BCUT2D eigenvalue weighted by atomic mass is 16.7. The van der Waals surface area contributed by atoms with E-state index in [0.717, 1.165) is 19.1 Å². The van der Waals surface area contributed by atoms with Crippen LogP contribution >= 0.6 is 0 Å². The van der Waals surface area contributed by atoms with Gasteiger partial charge in [-0.25, -0.2) is 0 Å². The highest BCUT2D eigenvalue weighted by molar-refractivity contribution is 5.53. The quantitative estimate of drug-likeness (QED) is 0.310. The van der Waals surface area contributed by atoms with Gasteiger partial charge in [-0.1, -0.05) is 26.8 Å². The van der Waals surface area contributed by atoms with Gasteiger partial charge in [0.15, 0.2) is 6.29 Å². The molecule has 6 atom stereocenters. The molecule has 0 saturated carbocycles. The van der Waals surface area contributed by atoms with Crippen molar-refractivity contribution in [1.82, 2.24) is 0 Å². The molecule has 0 N–H and O–H groups in total. The highest BCUT2D eigenvalue weighted by Crippen LogP contribution is 2.28. The average molecular weight is 342 g/mol. The summed E-state index contributed by atoms with van der Waals surface area (Å²) in [5.41, 5.74) is 0. The SMILES string of the molecule is CCOCCO[C@@H](CC[C@H](C)[C@@H]1O[C@@H](OC)C=C[C@@H]1C)[C@@H](C)C=O. The number of hydrogen-bond acceptors (Lipinski definition) is 5. The van der Waals surface area contributed by atoms with Gasteiger partial charge in [-0.3, -0.25) is 0 Å². The summed E-state index contributed by atoms with van der Waals surface area (Å²) >= 11 is 0. The van der Waals surface area contributed by atoms with Gasteiger partial charge in [0.05, 0.1) is 25.4 Å². The maximum absolute atomic E-state index is 11.2. The Morgan fingerprint density at radius 3 is 2.58 bits per heavy atom. The van der Waals surface area contributed by atoms with Crippen LogP contribution in [-0.4, -0.2) is 51.7 Å². The number of aldehydes is 1. The molecule has 1 aliphatic heterocycles. The molecule has 1 aliphatic rings. The molecule has 0 aromatic carbocycles. The van der Waals surface area contributed by atoms with Crippen molar-refractivity contribution in [3.05, 3.63) is 12.2 Å². The van der Waals surface area contributed by atoms with Gasteiger partial charge < -0.3 is 23.7 Å². The summed E-state index contributed by atoms with van der Waals surface area (Å²) < 4.78 is 22.5. The lowest BCUT2D eigenvalue weighted by Gasteiger charge is -2.34. The Morgan fingerprint density at radius 2 is 1.96 bits per heavy atom. The average Bonchev–Trinajstić information content (AvgIpc) is 2.60. The predicted octanol–water partition coefficient (Wildman–Crippen LogP) is 3.22.